The lowest BCUT2D eigenvalue weighted by Gasteiger charge is -1.94. The highest BCUT2D eigenvalue weighted by Crippen LogP contribution is 2.38. The Labute approximate surface area is 68.5 Å². The predicted octanol–water partition coefficient (Wildman–Crippen LogP) is 1.31. The number of hydrogen-bond acceptors (Lipinski definition) is 2. The molecule has 0 radical (unpaired) electrons. The minimum absolute atomic E-state index is 0.101. The highest BCUT2D eigenvalue weighted by Gasteiger charge is 2.24. The van der Waals surface area contributed by atoms with E-state index in [-0.39, 0.29) is 5.56 Å². The van der Waals surface area contributed by atoms with E-state index in [1.165, 1.54) is 12.8 Å². The SMILES string of the molecule is O=c1cc(C2CC2)[nH]c(=S)[nH]1. The summed E-state index contributed by atoms with van der Waals surface area (Å²) in [6.07, 6.45) is 2.35. The van der Waals surface area contributed by atoms with Crippen LogP contribution in [0.1, 0.15) is 24.5 Å². The number of H-pyrrole nitrogens is 2. The first-order valence-corrected chi connectivity index (χ1v) is 4.00. The van der Waals surface area contributed by atoms with Gasteiger partial charge in [-0.25, -0.2) is 0 Å². The second-order valence-electron chi connectivity index (χ2n) is 2.82. The van der Waals surface area contributed by atoms with Crippen LogP contribution in [0.4, 0.5) is 0 Å². The van der Waals surface area contributed by atoms with Gasteiger partial charge in [-0.05, 0) is 31.0 Å². The molecule has 3 nitrogen and oxygen atoms in total. The lowest BCUT2D eigenvalue weighted by Crippen LogP contribution is -2.07. The van der Waals surface area contributed by atoms with Crippen molar-refractivity contribution in [2.75, 3.05) is 0 Å². The molecule has 0 bridgehead atoms. The average Bonchev–Trinajstić information content (AvgIpc) is 2.64. The molecular weight excluding hydrogens is 160 g/mol. The first-order chi connectivity index (χ1) is 5.25. The van der Waals surface area contributed by atoms with Gasteiger partial charge >= 0.3 is 0 Å². The minimum Gasteiger partial charge on any atom is -0.336 e. The summed E-state index contributed by atoms with van der Waals surface area (Å²) in [4.78, 5) is 16.4. The Balaban J connectivity index is 2.55. The molecule has 0 amide bonds. The fraction of sp³-hybridized carbons (Fsp3) is 0.429. The Morgan fingerprint density at radius 1 is 1.45 bits per heavy atom. The second kappa shape index (κ2) is 2.30. The third-order valence-corrected chi connectivity index (χ3v) is 2.00. The number of hydrogen-bond donors (Lipinski definition) is 2. The van der Waals surface area contributed by atoms with Gasteiger partial charge < -0.3 is 4.98 Å². The van der Waals surface area contributed by atoms with Gasteiger partial charge in [0.15, 0.2) is 4.77 Å². The molecule has 1 aliphatic rings. The van der Waals surface area contributed by atoms with Gasteiger partial charge in [-0.2, -0.15) is 0 Å². The molecule has 0 aromatic carbocycles. The summed E-state index contributed by atoms with van der Waals surface area (Å²) in [6.45, 7) is 0. The van der Waals surface area contributed by atoms with E-state index < -0.39 is 0 Å². The summed E-state index contributed by atoms with van der Waals surface area (Å²) in [6, 6.07) is 1.59. The first-order valence-electron chi connectivity index (χ1n) is 3.59. The molecule has 1 aromatic heterocycles. The van der Waals surface area contributed by atoms with Crippen LogP contribution in [0, 0.1) is 4.77 Å². The number of nitrogens with one attached hydrogen (secondary N) is 2. The van der Waals surface area contributed by atoms with E-state index in [2.05, 4.69) is 9.97 Å². The molecule has 1 heterocycles. The Hall–Kier alpha value is -0.900. The van der Waals surface area contributed by atoms with Gasteiger partial charge in [0, 0.05) is 11.8 Å². The number of aromatic amines is 2. The molecule has 1 saturated carbocycles. The molecular formula is C7H8N2OS. The zero-order valence-corrected chi connectivity index (χ0v) is 6.70. The van der Waals surface area contributed by atoms with Crippen LogP contribution in [0.5, 0.6) is 0 Å². The fourth-order valence-electron chi connectivity index (χ4n) is 1.10. The van der Waals surface area contributed by atoms with Crippen molar-refractivity contribution >= 4 is 12.2 Å². The minimum atomic E-state index is -0.101. The summed E-state index contributed by atoms with van der Waals surface area (Å²) in [5, 5.41) is 0. The van der Waals surface area contributed by atoms with Crippen LogP contribution in [0.25, 0.3) is 0 Å². The maximum Gasteiger partial charge on any atom is 0.251 e. The first kappa shape index (κ1) is 6.79. The summed E-state index contributed by atoms with van der Waals surface area (Å²) < 4.78 is 0.430. The smallest absolute Gasteiger partial charge is 0.251 e. The van der Waals surface area contributed by atoms with Crippen LogP contribution >= 0.6 is 12.2 Å². The van der Waals surface area contributed by atoms with E-state index in [9.17, 15) is 4.79 Å². The van der Waals surface area contributed by atoms with E-state index in [4.69, 9.17) is 12.2 Å². The molecule has 1 aliphatic carbocycles. The highest BCUT2D eigenvalue weighted by molar-refractivity contribution is 7.71. The molecule has 1 fully saturated rings. The largest absolute Gasteiger partial charge is 0.336 e. The predicted molar refractivity (Wildman–Crippen MR) is 44.2 cm³/mol. The molecule has 58 valence electrons. The maximum atomic E-state index is 10.9. The summed E-state index contributed by atoms with van der Waals surface area (Å²) in [5.74, 6) is 0.555. The van der Waals surface area contributed by atoms with Crippen molar-refractivity contribution in [2.24, 2.45) is 0 Å². The van der Waals surface area contributed by atoms with Crippen molar-refractivity contribution in [1.29, 1.82) is 0 Å². The third-order valence-electron chi connectivity index (χ3n) is 1.80. The molecule has 0 unspecified atom stereocenters. The zero-order valence-electron chi connectivity index (χ0n) is 5.89. The molecule has 0 spiro atoms. The summed E-state index contributed by atoms with van der Waals surface area (Å²) >= 11 is 4.82. The van der Waals surface area contributed by atoms with Crippen LogP contribution in [0.15, 0.2) is 10.9 Å². The normalized spacial score (nSPS) is 16.7. The fourth-order valence-corrected chi connectivity index (χ4v) is 1.32. The van der Waals surface area contributed by atoms with Crippen molar-refractivity contribution in [2.45, 2.75) is 18.8 Å². The van der Waals surface area contributed by atoms with Crippen molar-refractivity contribution in [1.82, 2.24) is 9.97 Å². The third kappa shape index (κ3) is 1.40. The topological polar surface area (TPSA) is 48.6 Å². The van der Waals surface area contributed by atoms with Gasteiger partial charge in [0.1, 0.15) is 0 Å². The van der Waals surface area contributed by atoms with Gasteiger partial charge in [0.25, 0.3) is 5.56 Å². The van der Waals surface area contributed by atoms with Gasteiger partial charge in [0.05, 0.1) is 0 Å². The van der Waals surface area contributed by atoms with Crippen molar-refractivity contribution in [3.8, 4) is 0 Å². The van der Waals surface area contributed by atoms with Crippen LogP contribution in [-0.4, -0.2) is 9.97 Å². The summed E-state index contributed by atoms with van der Waals surface area (Å²) in [7, 11) is 0. The number of aromatic nitrogens is 2. The van der Waals surface area contributed by atoms with E-state index in [0.29, 0.717) is 10.7 Å². The monoisotopic (exact) mass is 168 g/mol. The van der Waals surface area contributed by atoms with E-state index >= 15 is 0 Å². The standard InChI is InChI=1S/C7H8N2OS/c10-6-3-5(4-1-2-4)8-7(11)9-6/h3-4H,1-2H2,(H2,8,9,10,11). The Bertz CT molecular complexity index is 346. The van der Waals surface area contributed by atoms with Gasteiger partial charge in [-0.15, -0.1) is 0 Å². The van der Waals surface area contributed by atoms with E-state index in [0.717, 1.165) is 5.69 Å². The highest BCUT2D eigenvalue weighted by atomic mass is 32.1. The molecule has 2 N–H and O–H groups in total. The molecule has 2 rings (SSSR count). The Morgan fingerprint density at radius 3 is 2.73 bits per heavy atom. The lowest BCUT2D eigenvalue weighted by molar-refractivity contribution is 0.954. The molecule has 0 atom stereocenters. The second-order valence-corrected chi connectivity index (χ2v) is 3.23. The van der Waals surface area contributed by atoms with Crippen LogP contribution < -0.4 is 5.56 Å². The van der Waals surface area contributed by atoms with Crippen molar-refractivity contribution < 1.29 is 0 Å². The van der Waals surface area contributed by atoms with Gasteiger partial charge in [-0.1, -0.05) is 0 Å². The van der Waals surface area contributed by atoms with Crippen LogP contribution in [0.3, 0.4) is 0 Å². The van der Waals surface area contributed by atoms with Gasteiger partial charge in [0.2, 0.25) is 0 Å². The van der Waals surface area contributed by atoms with Gasteiger partial charge in [-0.3, -0.25) is 9.78 Å². The van der Waals surface area contributed by atoms with Crippen molar-refractivity contribution in [3.05, 3.63) is 26.9 Å². The molecule has 0 saturated heterocycles. The number of rotatable bonds is 1. The van der Waals surface area contributed by atoms with Crippen molar-refractivity contribution in [3.63, 3.8) is 0 Å². The Morgan fingerprint density at radius 2 is 2.18 bits per heavy atom. The van der Waals surface area contributed by atoms with Crippen LogP contribution in [0.2, 0.25) is 0 Å². The summed E-state index contributed by atoms with van der Waals surface area (Å²) in [5.41, 5.74) is 0.884. The van der Waals surface area contributed by atoms with E-state index in [1.807, 2.05) is 0 Å². The quantitative estimate of drug-likeness (QED) is 0.621. The molecule has 0 aliphatic heterocycles. The lowest BCUT2D eigenvalue weighted by atomic mass is 10.3. The maximum absolute atomic E-state index is 10.9. The molecule has 4 heteroatoms. The van der Waals surface area contributed by atoms with E-state index in [1.54, 1.807) is 6.07 Å². The molecule has 11 heavy (non-hydrogen) atoms. The van der Waals surface area contributed by atoms with Crippen LogP contribution in [-0.2, 0) is 0 Å². The zero-order chi connectivity index (χ0) is 7.84. The Kier molecular flexibility index (Phi) is 1.42. The molecule has 1 aromatic rings. The average molecular weight is 168 g/mol.